The van der Waals surface area contributed by atoms with Crippen LogP contribution < -0.4 is 0 Å². The van der Waals surface area contributed by atoms with Crippen molar-refractivity contribution in [3.8, 4) is 0 Å². The lowest BCUT2D eigenvalue weighted by Crippen LogP contribution is -2.02. The highest BCUT2D eigenvalue weighted by Gasteiger charge is 2.09. The summed E-state index contributed by atoms with van der Waals surface area (Å²) in [5.74, 6) is 0.730. The van der Waals surface area contributed by atoms with Crippen LogP contribution in [0.1, 0.15) is 11.1 Å². The number of hydrogen-bond acceptors (Lipinski definition) is 2. The van der Waals surface area contributed by atoms with E-state index in [9.17, 15) is 0 Å². The predicted octanol–water partition coefficient (Wildman–Crippen LogP) is 4.50. The van der Waals surface area contributed by atoms with E-state index >= 15 is 0 Å². The molecule has 4 aromatic rings. The topological polar surface area (TPSA) is 29.7 Å². The van der Waals surface area contributed by atoms with Crippen molar-refractivity contribution in [3.05, 3.63) is 103 Å². The fourth-order valence-electron chi connectivity index (χ4n) is 2.61. The molecule has 3 nitrogen and oxygen atoms in total. The third kappa shape index (κ3) is 2.64. The Labute approximate surface area is 134 Å². The lowest BCUT2D eigenvalue weighted by atomic mass is 10.0. The number of fused-ring (bicyclic) bond motifs is 1. The van der Waals surface area contributed by atoms with Crippen molar-refractivity contribution in [1.29, 1.82) is 0 Å². The number of hydrogen-bond donors (Lipinski definition) is 0. The van der Waals surface area contributed by atoms with Crippen molar-refractivity contribution in [3.63, 3.8) is 0 Å². The Balaban J connectivity index is 1.92. The number of pyridine rings is 1. The Bertz CT molecular complexity index is 912. The number of benzene rings is 2. The van der Waals surface area contributed by atoms with Gasteiger partial charge in [0.15, 0.2) is 5.82 Å². The van der Waals surface area contributed by atoms with E-state index in [0.717, 1.165) is 28.2 Å². The van der Waals surface area contributed by atoms with Crippen molar-refractivity contribution in [2.45, 2.75) is 0 Å². The average molecular weight is 297 g/mol. The maximum Gasteiger partial charge on any atom is 0.178 e. The molecule has 2 heterocycles. The summed E-state index contributed by atoms with van der Waals surface area (Å²) in [7, 11) is 0. The third-order valence-electron chi connectivity index (χ3n) is 3.74. The van der Waals surface area contributed by atoms with Gasteiger partial charge in [-0.15, -0.1) is 0 Å². The number of nitrogens with zero attached hydrogens (tertiary/aromatic N) is 3. The molecule has 0 radical (unpaired) electrons. The van der Waals surface area contributed by atoms with Crippen LogP contribution in [0.2, 0.25) is 0 Å². The van der Waals surface area contributed by atoms with Crippen molar-refractivity contribution < 1.29 is 0 Å². The largest absolute Gasteiger partial charge is 0.304 e. The standard InChI is InChI=1S/C20H15N3/c1-3-9-16(10-4-1)19(17-11-5-2-6-12-17)22-20-18-13-7-8-14-23(18)15-21-20/h1-15H. The molecule has 0 fully saturated rings. The number of imidazole rings is 1. The normalized spacial score (nSPS) is 10.6. The third-order valence-corrected chi connectivity index (χ3v) is 3.74. The molecule has 4 rings (SSSR count). The van der Waals surface area contributed by atoms with Gasteiger partial charge in [-0.3, -0.25) is 0 Å². The summed E-state index contributed by atoms with van der Waals surface area (Å²) >= 11 is 0. The molecule has 0 N–H and O–H groups in total. The highest BCUT2D eigenvalue weighted by atomic mass is 15.1. The smallest absolute Gasteiger partial charge is 0.178 e. The highest BCUT2D eigenvalue weighted by Crippen LogP contribution is 2.21. The molecule has 2 aromatic heterocycles. The van der Waals surface area contributed by atoms with Gasteiger partial charge in [0, 0.05) is 17.3 Å². The van der Waals surface area contributed by atoms with E-state index in [1.165, 1.54) is 0 Å². The molecule has 0 amide bonds. The molecule has 23 heavy (non-hydrogen) atoms. The summed E-state index contributed by atoms with van der Waals surface area (Å²) in [6.07, 6.45) is 3.77. The van der Waals surface area contributed by atoms with Gasteiger partial charge in [-0.05, 0) is 12.1 Å². The molecule has 0 saturated carbocycles. The van der Waals surface area contributed by atoms with Crippen LogP contribution in [-0.2, 0) is 0 Å². The number of aromatic nitrogens is 2. The van der Waals surface area contributed by atoms with Gasteiger partial charge in [-0.1, -0.05) is 66.7 Å². The van der Waals surface area contributed by atoms with Crippen LogP contribution in [0.4, 0.5) is 5.82 Å². The first-order valence-electron chi connectivity index (χ1n) is 7.53. The van der Waals surface area contributed by atoms with Gasteiger partial charge in [0.1, 0.15) is 6.33 Å². The minimum atomic E-state index is 0.730. The van der Waals surface area contributed by atoms with E-state index in [1.54, 1.807) is 6.33 Å². The van der Waals surface area contributed by atoms with Crippen LogP contribution in [0.15, 0.2) is 96.4 Å². The van der Waals surface area contributed by atoms with E-state index in [-0.39, 0.29) is 0 Å². The van der Waals surface area contributed by atoms with Gasteiger partial charge < -0.3 is 4.40 Å². The SMILES string of the molecule is c1ccc(C(=Nc2ncn3ccccc23)c2ccccc2)cc1. The van der Waals surface area contributed by atoms with Gasteiger partial charge in [0.05, 0.1) is 11.2 Å². The first-order valence-corrected chi connectivity index (χ1v) is 7.53. The van der Waals surface area contributed by atoms with Crippen LogP contribution in [0, 0.1) is 0 Å². The molecular weight excluding hydrogens is 282 g/mol. The zero-order valence-corrected chi connectivity index (χ0v) is 12.5. The molecule has 3 heteroatoms. The zero-order valence-electron chi connectivity index (χ0n) is 12.5. The summed E-state index contributed by atoms with van der Waals surface area (Å²) in [4.78, 5) is 9.33. The maximum absolute atomic E-state index is 4.87. The fraction of sp³-hybridized carbons (Fsp3) is 0. The molecular formula is C20H15N3. The van der Waals surface area contributed by atoms with Crippen LogP contribution >= 0.6 is 0 Å². The summed E-state index contributed by atoms with van der Waals surface area (Å²) in [5, 5.41) is 0. The van der Waals surface area contributed by atoms with Crippen LogP contribution in [0.5, 0.6) is 0 Å². The Morgan fingerprint density at radius 3 is 2.00 bits per heavy atom. The van der Waals surface area contributed by atoms with E-state index in [0.29, 0.717) is 0 Å². The van der Waals surface area contributed by atoms with Crippen molar-refractivity contribution in [2.24, 2.45) is 4.99 Å². The second-order valence-corrected chi connectivity index (χ2v) is 5.25. The first-order chi connectivity index (χ1) is 11.4. The van der Waals surface area contributed by atoms with Crippen molar-refractivity contribution >= 4 is 17.0 Å². The monoisotopic (exact) mass is 297 g/mol. The molecule has 2 aromatic carbocycles. The summed E-state index contributed by atoms with van der Waals surface area (Å²) < 4.78 is 1.98. The van der Waals surface area contributed by atoms with E-state index in [1.807, 2.05) is 65.2 Å². The average Bonchev–Trinajstić information content (AvgIpc) is 3.04. The Morgan fingerprint density at radius 2 is 1.35 bits per heavy atom. The van der Waals surface area contributed by atoms with Crippen molar-refractivity contribution in [1.82, 2.24) is 9.38 Å². The molecule has 0 unspecified atom stereocenters. The maximum atomic E-state index is 4.87. The van der Waals surface area contributed by atoms with Crippen LogP contribution in [0.3, 0.4) is 0 Å². The number of aliphatic imine (C=N–C) groups is 1. The fourth-order valence-corrected chi connectivity index (χ4v) is 2.61. The molecule has 0 aliphatic rings. The van der Waals surface area contributed by atoms with E-state index < -0.39 is 0 Å². The molecule has 0 bridgehead atoms. The quantitative estimate of drug-likeness (QED) is 0.512. The van der Waals surface area contributed by atoms with Crippen LogP contribution in [0.25, 0.3) is 5.52 Å². The predicted molar refractivity (Wildman–Crippen MR) is 93.4 cm³/mol. The minimum absolute atomic E-state index is 0.730. The summed E-state index contributed by atoms with van der Waals surface area (Å²) in [6, 6.07) is 26.4. The molecule has 0 spiro atoms. The Morgan fingerprint density at radius 1 is 0.739 bits per heavy atom. The number of rotatable bonds is 3. The molecule has 110 valence electrons. The van der Waals surface area contributed by atoms with Crippen LogP contribution in [-0.4, -0.2) is 15.1 Å². The lowest BCUT2D eigenvalue weighted by Gasteiger charge is -2.06. The molecule has 0 aliphatic carbocycles. The summed E-state index contributed by atoms with van der Waals surface area (Å²) in [5.41, 5.74) is 4.08. The van der Waals surface area contributed by atoms with Gasteiger partial charge in [-0.2, -0.15) is 0 Å². The Kier molecular flexibility index (Phi) is 3.45. The summed E-state index contributed by atoms with van der Waals surface area (Å²) in [6.45, 7) is 0. The van der Waals surface area contributed by atoms with Crippen molar-refractivity contribution in [2.75, 3.05) is 0 Å². The lowest BCUT2D eigenvalue weighted by molar-refractivity contribution is 1.15. The van der Waals surface area contributed by atoms with Gasteiger partial charge in [-0.25, -0.2) is 9.98 Å². The second kappa shape index (κ2) is 5.89. The first kappa shape index (κ1) is 13.5. The van der Waals surface area contributed by atoms with Gasteiger partial charge >= 0.3 is 0 Å². The molecule has 0 aliphatic heterocycles. The van der Waals surface area contributed by atoms with Gasteiger partial charge in [0.2, 0.25) is 0 Å². The van der Waals surface area contributed by atoms with E-state index in [4.69, 9.17) is 4.99 Å². The highest BCUT2D eigenvalue weighted by molar-refractivity contribution is 6.14. The molecule has 0 saturated heterocycles. The van der Waals surface area contributed by atoms with E-state index in [2.05, 4.69) is 29.2 Å². The minimum Gasteiger partial charge on any atom is -0.304 e. The Hall–Kier alpha value is -3.20. The zero-order chi connectivity index (χ0) is 15.5. The van der Waals surface area contributed by atoms with Gasteiger partial charge in [0.25, 0.3) is 0 Å². The molecule has 0 atom stereocenters. The second-order valence-electron chi connectivity index (χ2n) is 5.25.